The number of hydrogen-bond acceptors (Lipinski definition) is 2. The van der Waals surface area contributed by atoms with Crippen molar-refractivity contribution in [1.82, 2.24) is 5.32 Å². The molecule has 1 aromatic carbocycles. The third-order valence-corrected chi connectivity index (χ3v) is 4.05. The molecule has 2 atom stereocenters. The highest BCUT2D eigenvalue weighted by Crippen LogP contribution is 2.25. The summed E-state index contributed by atoms with van der Waals surface area (Å²) in [6.07, 6.45) is 3.82. The van der Waals surface area contributed by atoms with E-state index in [4.69, 9.17) is 0 Å². The number of aliphatic hydroxyl groups excluding tert-OH is 1. The lowest BCUT2D eigenvalue weighted by atomic mass is 9.95. The van der Waals surface area contributed by atoms with Gasteiger partial charge >= 0.3 is 0 Å². The zero-order valence-corrected chi connectivity index (χ0v) is 11.8. The second-order valence-electron chi connectivity index (χ2n) is 5.50. The summed E-state index contributed by atoms with van der Waals surface area (Å²) in [4.78, 5) is 12.0. The number of amides is 1. The molecule has 1 fully saturated rings. The lowest BCUT2D eigenvalue weighted by Crippen LogP contribution is -2.42. The van der Waals surface area contributed by atoms with Gasteiger partial charge in [0.25, 0.3) is 5.91 Å². The molecule has 0 spiro atoms. The Morgan fingerprint density at radius 2 is 1.68 bits per heavy atom. The van der Waals surface area contributed by atoms with Crippen LogP contribution in [0.2, 0.25) is 0 Å². The predicted octanol–water partition coefficient (Wildman–Crippen LogP) is 2.91. The molecule has 1 aromatic rings. The fourth-order valence-corrected chi connectivity index (χ4v) is 2.81. The van der Waals surface area contributed by atoms with Crippen molar-refractivity contribution in [2.24, 2.45) is 5.92 Å². The average Bonchev–Trinajstić information content (AvgIpc) is 2.70. The van der Waals surface area contributed by atoms with Crippen LogP contribution in [-0.4, -0.2) is 23.7 Å². The van der Waals surface area contributed by atoms with Crippen LogP contribution in [0.15, 0.2) is 6.07 Å². The van der Waals surface area contributed by atoms with E-state index in [2.05, 4.69) is 5.32 Å². The van der Waals surface area contributed by atoms with E-state index in [1.807, 2.05) is 0 Å². The molecule has 0 aliphatic heterocycles. The number of hydrogen-bond donors (Lipinski definition) is 2. The first-order valence-corrected chi connectivity index (χ1v) is 7.20. The van der Waals surface area contributed by atoms with Crippen LogP contribution in [0.4, 0.5) is 17.6 Å². The number of rotatable bonds is 3. The molecule has 2 N–H and O–H groups in total. The van der Waals surface area contributed by atoms with Crippen LogP contribution in [0.3, 0.4) is 0 Å². The van der Waals surface area contributed by atoms with Crippen molar-refractivity contribution in [1.29, 1.82) is 0 Å². The number of halogens is 4. The summed E-state index contributed by atoms with van der Waals surface area (Å²) in [6.45, 7) is -0.173. The van der Waals surface area contributed by atoms with Crippen LogP contribution in [0.5, 0.6) is 0 Å². The molecule has 0 heterocycles. The van der Waals surface area contributed by atoms with Gasteiger partial charge in [0.2, 0.25) is 0 Å². The van der Waals surface area contributed by atoms with Gasteiger partial charge < -0.3 is 10.4 Å². The third kappa shape index (κ3) is 3.40. The summed E-state index contributed by atoms with van der Waals surface area (Å²) in [7, 11) is 0. The zero-order chi connectivity index (χ0) is 16.3. The normalized spacial score (nSPS) is 22.2. The smallest absolute Gasteiger partial charge is 0.257 e. The SMILES string of the molecule is O=C(NC1CCCCCC1CO)c1c(F)c(F)cc(F)c1F. The monoisotopic (exact) mass is 319 g/mol. The van der Waals surface area contributed by atoms with Gasteiger partial charge in [0.1, 0.15) is 5.56 Å². The summed E-state index contributed by atoms with van der Waals surface area (Å²) in [6, 6.07) is -0.422. The molecule has 7 heteroatoms. The van der Waals surface area contributed by atoms with E-state index in [0.717, 1.165) is 19.3 Å². The molecule has 2 rings (SSSR count). The quantitative estimate of drug-likeness (QED) is 0.511. The Bertz CT molecular complexity index is 539. The maximum absolute atomic E-state index is 13.6. The van der Waals surface area contributed by atoms with Crippen molar-refractivity contribution in [2.75, 3.05) is 6.61 Å². The molecule has 0 aromatic heterocycles. The number of carbonyl (C=O) groups excluding carboxylic acids is 1. The average molecular weight is 319 g/mol. The second-order valence-corrected chi connectivity index (χ2v) is 5.50. The fraction of sp³-hybridized carbons (Fsp3) is 0.533. The molecular formula is C15H17F4NO2. The van der Waals surface area contributed by atoms with E-state index < -0.39 is 40.8 Å². The summed E-state index contributed by atoms with van der Waals surface area (Å²) < 4.78 is 53.6. The van der Waals surface area contributed by atoms with Gasteiger partial charge in [-0.1, -0.05) is 19.3 Å². The molecule has 0 radical (unpaired) electrons. The highest BCUT2D eigenvalue weighted by molar-refractivity contribution is 5.95. The predicted molar refractivity (Wildman–Crippen MR) is 71.2 cm³/mol. The van der Waals surface area contributed by atoms with Crippen molar-refractivity contribution in [3.8, 4) is 0 Å². The van der Waals surface area contributed by atoms with Gasteiger partial charge in [-0.05, 0) is 12.8 Å². The highest BCUT2D eigenvalue weighted by atomic mass is 19.2. The number of benzene rings is 1. The van der Waals surface area contributed by atoms with Crippen LogP contribution < -0.4 is 5.32 Å². The Kier molecular flexibility index (Phi) is 5.39. The molecule has 1 aliphatic carbocycles. The summed E-state index contributed by atoms with van der Waals surface area (Å²) in [5.74, 6) is -8.13. The molecular weight excluding hydrogens is 302 g/mol. The highest BCUT2D eigenvalue weighted by Gasteiger charge is 2.29. The Morgan fingerprint density at radius 3 is 2.27 bits per heavy atom. The minimum absolute atomic E-state index is 0.0591. The van der Waals surface area contributed by atoms with Crippen LogP contribution in [0, 0.1) is 29.2 Å². The van der Waals surface area contributed by atoms with Crippen LogP contribution >= 0.6 is 0 Å². The Morgan fingerprint density at radius 1 is 1.09 bits per heavy atom. The summed E-state index contributed by atoms with van der Waals surface area (Å²) >= 11 is 0. The molecule has 0 bridgehead atoms. The van der Waals surface area contributed by atoms with Gasteiger partial charge in [-0.3, -0.25) is 4.79 Å². The van der Waals surface area contributed by atoms with E-state index in [0.29, 0.717) is 12.8 Å². The minimum atomic E-state index is -1.72. The molecule has 1 saturated carbocycles. The fourth-order valence-electron chi connectivity index (χ4n) is 2.81. The maximum Gasteiger partial charge on any atom is 0.257 e. The van der Waals surface area contributed by atoms with E-state index in [-0.39, 0.29) is 18.6 Å². The zero-order valence-electron chi connectivity index (χ0n) is 11.8. The van der Waals surface area contributed by atoms with E-state index in [9.17, 15) is 27.5 Å². The Balaban J connectivity index is 2.25. The Hall–Kier alpha value is -1.63. The minimum Gasteiger partial charge on any atom is -0.396 e. The van der Waals surface area contributed by atoms with Gasteiger partial charge in [0.15, 0.2) is 23.3 Å². The first kappa shape index (κ1) is 16.7. The number of aliphatic hydroxyl groups is 1. The van der Waals surface area contributed by atoms with Crippen molar-refractivity contribution < 1.29 is 27.5 Å². The topological polar surface area (TPSA) is 49.3 Å². The summed E-state index contributed by atoms with van der Waals surface area (Å²) in [5.41, 5.74) is -1.27. The summed E-state index contributed by atoms with van der Waals surface area (Å²) in [5, 5.41) is 11.7. The van der Waals surface area contributed by atoms with Crippen LogP contribution in [0.1, 0.15) is 42.5 Å². The van der Waals surface area contributed by atoms with E-state index in [1.54, 1.807) is 0 Å². The van der Waals surface area contributed by atoms with Gasteiger partial charge in [-0.25, -0.2) is 17.6 Å². The van der Waals surface area contributed by atoms with Crippen molar-refractivity contribution in [3.05, 3.63) is 34.9 Å². The molecule has 1 amide bonds. The first-order chi connectivity index (χ1) is 10.5. The molecule has 1 aliphatic rings. The van der Waals surface area contributed by atoms with Gasteiger partial charge in [-0.15, -0.1) is 0 Å². The second kappa shape index (κ2) is 7.09. The van der Waals surface area contributed by atoms with Crippen LogP contribution in [0.25, 0.3) is 0 Å². The van der Waals surface area contributed by atoms with Crippen molar-refractivity contribution >= 4 is 5.91 Å². The molecule has 122 valence electrons. The number of carbonyl (C=O) groups is 1. The number of nitrogens with one attached hydrogen (secondary N) is 1. The van der Waals surface area contributed by atoms with Crippen molar-refractivity contribution in [3.63, 3.8) is 0 Å². The Labute approximate surface area is 125 Å². The lowest BCUT2D eigenvalue weighted by molar-refractivity contribution is 0.0888. The third-order valence-electron chi connectivity index (χ3n) is 4.05. The molecule has 3 nitrogen and oxygen atoms in total. The van der Waals surface area contributed by atoms with Crippen molar-refractivity contribution in [2.45, 2.75) is 38.1 Å². The lowest BCUT2D eigenvalue weighted by Gasteiger charge is -2.24. The largest absolute Gasteiger partial charge is 0.396 e. The molecule has 2 unspecified atom stereocenters. The van der Waals surface area contributed by atoms with E-state index >= 15 is 0 Å². The molecule has 22 heavy (non-hydrogen) atoms. The molecule has 0 saturated heterocycles. The maximum atomic E-state index is 13.6. The van der Waals surface area contributed by atoms with E-state index in [1.165, 1.54) is 0 Å². The standard InChI is InChI=1S/C15H17F4NO2/c16-9-6-10(17)14(19)12(13(9)18)15(22)20-11-5-3-1-2-4-8(11)7-21/h6,8,11,21H,1-5,7H2,(H,20,22). The van der Waals surface area contributed by atoms with Crippen LogP contribution in [-0.2, 0) is 0 Å². The van der Waals surface area contributed by atoms with Gasteiger partial charge in [-0.2, -0.15) is 0 Å². The first-order valence-electron chi connectivity index (χ1n) is 7.20. The van der Waals surface area contributed by atoms with Gasteiger partial charge in [0.05, 0.1) is 0 Å². The van der Waals surface area contributed by atoms with Gasteiger partial charge in [0, 0.05) is 24.6 Å².